The molecule has 0 aromatic heterocycles. The van der Waals surface area contributed by atoms with E-state index in [9.17, 15) is 14.4 Å². The van der Waals surface area contributed by atoms with Crippen molar-refractivity contribution in [2.45, 2.75) is 245 Å². The number of ether oxygens (including phenoxy) is 3. The molecule has 0 bridgehead atoms. The second kappa shape index (κ2) is 51.2. The van der Waals surface area contributed by atoms with Crippen LogP contribution in [0.1, 0.15) is 239 Å². The molecule has 6 nitrogen and oxygen atoms in total. The van der Waals surface area contributed by atoms with Gasteiger partial charge in [0.2, 0.25) is 0 Å². The zero-order valence-electron chi connectivity index (χ0n) is 41.1. The van der Waals surface area contributed by atoms with Crippen LogP contribution in [-0.4, -0.2) is 37.2 Å². The van der Waals surface area contributed by atoms with Gasteiger partial charge in [-0.2, -0.15) is 0 Å². The van der Waals surface area contributed by atoms with Crippen LogP contribution in [0.4, 0.5) is 0 Å². The molecule has 0 aliphatic rings. The van der Waals surface area contributed by atoms with Crippen LogP contribution in [0.25, 0.3) is 0 Å². The summed E-state index contributed by atoms with van der Waals surface area (Å²) in [5, 5.41) is 0. The van der Waals surface area contributed by atoms with Crippen molar-refractivity contribution in [3.63, 3.8) is 0 Å². The lowest BCUT2D eigenvalue weighted by Gasteiger charge is -2.18. The molecule has 0 spiro atoms. The Morgan fingerprint density at radius 2 is 0.698 bits per heavy atom. The summed E-state index contributed by atoms with van der Waals surface area (Å²) in [6.07, 6.45) is 65.7. The summed E-state index contributed by atoms with van der Waals surface area (Å²) < 4.78 is 16.8. The molecule has 0 fully saturated rings. The molecule has 1 atom stereocenters. The Hall–Kier alpha value is -3.41. The number of allylic oxidation sites excluding steroid dienone is 14. The molecule has 0 heterocycles. The summed E-state index contributed by atoms with van der Waals surface area (Å²) in [7, 11) is 0. The van der Waals surface area contributed by atoms with Gasteiger partial charge in [0, 0.05) is 19.3 Å². The van der Waals surface area contributed by atoms with Crippen molar-refractivity contribution in [1.82, 2.24) is 0 Å². The average Bonchev–Trinajstić information content (AvgIpc) is 3.28. The monoisotopic (exact) mass is 877 g/mol. The normalized spacial score (nSPS) is 12.7. The molecule has 0 saturated carbocycles. The van der Waals surface area contributed by atoms with Crippen LogP contribution in [0.5, 0.6) is 0 Å². The molecule has 0 aromatic rings. The average molecular weight is 877 g/mol. The van der Waals surface area contributed by atoms with Gasteiger partial charge in [-0.1, -0.05) is 215 Å². The van der Waals surface area contributed by atoms with Crippen LogP contribution in [0.2, 0.25) is 0 Å². The Labute approximate surface area is 388 Å². The highest BCUT2D eigenvalue weighted by molar-refractivity contribution is 5.71. The van der Waals surface area contributed by atoms with E-state index in [1.165, 1.54) is 77.0 Å². The summed E-state index contributed by atoms with van der Waals surface area (Å²) >= 11 is 0. The fourth-order valence-electron chi connectivity index (χ4n) is 7.06. The van der Waals surface area contributed by atoms with Crippen LogP contribution >= 0.6 is 0 Å². The second-order valence-corrected chi connectivity index (χ2v) is 17.1. The number of carbonyl (C=O) groups excluding carboxylic acids is 3. The predicted octanol–water partition coefficient (Wildman–Crippen LogP) is 17.2. The van der Waals surface area contributed by atoms with Gasteiger partial charge in [-0.25, -0.2) is 0 Å². The molecule has 0 amide bonds. The number of hydrogen-bond acceptors (Lipinski definition) is 6. The van der Waals surface area contributed by atoms with Gasteiger partial charge in [-0.3, -0.25) is 14.4 Å². The number of unbranched alkanes of at least 4 members (excludes halogenated alkanes) is 24. The molecule has 63 heavy (non-hydrogen) atoms. The van der Waals surface area contributed by atoms with E-state index in [4.69, 9.17) is 14.2 Å². The highest BCUT2D eigenvalue weighted by Gasteiger charge is 2.19. The first-order valence-corrected chi connectivity index (χ1v) is 26.1. The SMILES string of the molecule is CC\C=C/C=C\C=C/CCCCCCCC(=O)OCC(COC(=O)CCCCCCC/C=C\C=C/CCCCCCCCC)OC(=O)CCCCCCCCC/C=C\C/C=C\CC. The maximum atomic E-state index is 12.8. The lowest BCUT2D eigenvalue weighted by molar-refractivity contribution is -0.167. The summed E-state index contributed by atoms with van der Waals surface area (Å²) in [6.45, 7) is 6.36. The summed E-state index contributed by atoms with van der Waals surface area (Å²) in [6, 6.07) is 0. The van der Waals surface area contributed by atoms with Crippen molar-refractivity contribution >= 4 is 17.9 Å². The fraction of sp³-hybridized carbons (Fsp3) is 0.702. The maximum absolute atomic E-state index is 12.8. The zero-order valence-corrected chi connectivity index (χ0v) is 41.1. The van der Waals surface area contributed by atoms with Crippen LogP contribution in [0.15, 0.2) is 85.1 Å². The summed E-state index contributed by atoms with van der Waals surface area (Å²) in [4.78, 5) is 38.0. The quantitative estimate of drug-likeness (QED) is 0.0199. The Balaban J connectivity index is 4.43. The van der Waals surface area contributed by atoms with E-state index in [-0.39, 0.29) is 31.1 Å². The Kier molecular flexibility index (Phi) is 48.5. The van der Waals surface area contributed by atoms with Crippen LogP contribution in [0, 0.1) is 0 Å². The first-order valence-electron chi connectivity index (χ1n) is 26.1. The standard InChI is InChI=1S/C57H96O6/c1-4-7-10-13-16-19-22-25-27-28-29-30-33-35-38-41-44-47-50-56(59)62-53-54(52-61-55(58)49-46-43-40-37-34-31-24-21-18-15-12-9-6-3)63-57(60)51-48-45-42-39-36-32-26-23-20-17-14-11-8-5-2/h8-9,11-12,15,17-18,20-21,24,27-30,54H,4-7,10,13-14,16,19,22-23,25-26,31-53H2,1-3H3/b11-8-,12-9-,18-15-,20-17-,24-21-,28-27-,30-29-. The van der Waals surface area contributed by atoms with E-state index in [1.807, 2.05) is 0 Å². The van der Waals surface area contributed by atoms with Gasteiger partial charge in [0.25, 0.3) is 0 Å². The third kappa shape index (κ3) is 49.5. The largest absolute Gasteiger partial charge is 0.462 e. The van der Waals surface area contributed by atoms with Gasteiger partial charge in [-0.15, -0.1) is 0 Å². The molecular weight excluding hydrogens is 781 g/mol. The van der Waals surface area contributed by atoms with Gasteiger partial charge in [0.15, 0.2) is 6.10 Å². The molecule has 0 rings (SSSR count). The number of hydrogen-bond donors (Lipinski definition) is 0. The molecule has 0 aliphatic heterocycles. The molecule has 1 unspecified atom stereocenters. The maximum Gasteiger partial charge on any atom is 0.306 e. The summed E-state index contributed by atoms with van der Waals surface area (Å²) in [5.41, 5.74) is 0. The van der Waals surface area contributed by atoms with E-state index in [2.05, 4.69) is 106 Å². The molecular formula is C57H96O6. The van der Waals surface area contributed by atoms with Crippen molar-refractivity contribution in [2.75, 3.05) is 13.2 Å². The topological polar surface area (TPSA) is 78.9 Å². The van der Waals surface area contributed by atoms with E-state index in [0.717, 1.165) is 122 Å². The van der Waals surface area contributed by atoms with Crippen molar-refractivity contribution < 1.29 is 28.6 Å². The van der Waals surface area contributed by atoms with Crippen LogP contribution in [0.3, 0.4) is 0 Å². The first kappa shape index (κ1) is 59.6. The van der Waals surface area contributed by atoms with Crippen molar-refractivity contribution in [3.05, 3.63) is 85.1 Å². The van der Waals surface area contributed by atoms with Gasteiger partial charge >= 0.3 is 17.9 Å². The van der Waals surface area contributed by atoms with Gasteiger partial charge in [-0.05, 0) is 89.9 Å². The molecule has 0 N–H and O–H groups in total. The molecule has 0 saturated heterocycles. The van der Waals surface area contributed by atoms with E-state index < -0.39 is 6.10 Å². The molecule has 360 valence electrons. The number of esters is 3. The minimum Gasteiger partial charge on any atom is -0.462 e. The Morgan fingerprint density at radius 3 is 1.14 bits per heavy atom. The van der Waals surface area contributed by atoms with Crippen LogP contribution in [-0.2, 0) is 28.6 Å². The minimum absolute atomic E-state index is 0.0952. The molecule has 0 aliphatic carbocycles. The van der Waals surface area contributed by atoms with Crippen LogP contribution < -0.4 is 0 Å². The second-order valence-electron chi connectivity index (χ2n) is 17.1. The molecule has 0 aromatic carbocycles. The highest BCUT2D eigenvalue weighted by atomic mass is 16.6. The third-order valence-corrected chi connectivity index (χ3v) is 11.0. The van der Waals surface area contributed by atoms with Gasteiger partial charge < -0.3 is 14.2 Å². The number of carbonyl (C=O) groups is 3. The summed E-state index contributed by atoms with van der Waals surface area (Å²) in [5.74, 6) is -0.939. The Bertz CT molecular complexity index is 1240. The molecule has 6 heteroatoms. The van der Waals surface area contributed by atoms with Crippen molar-refractivity contribution in [2.24, 2.45) is 0 Å². The smallest absolute Gasteiger partial charge is 0.306 e. The first-order chi connectivity index (χ1) is 31.0. The highest BCUT2D eigenvalue weighted by Crippen LogP contribution is 2.14. The fourth-order valence-corrected chi connectivity index (χ4v) is 7.06. The Morgan fingerprint density at radius 1 is 0.349 bits per heavy atom. The van der Waals surface area contributed by atoms with Gasteiger partial charge in [0.1, 0.15) is 13.2 Å². The third-order valence-electron chi connectivity index (χ3n) is 11.0. The van der Waals surface area contributed by atoms with E-state index >= 15 is 0 Å². The zero-order chi connectivity index (χ0) is 45.8. The lowest BCUT2D eigenvalue weighted by atomic mass is 10.1. The van der Waals surface area contributed by atoms with E-state index in [0.29, 0.717) is 19.3 Å². The van der Waals surface area contributed by atoms with Gasteiger partial charge in [0.05, 0.1) is 0 Å². The van der Waals surface area contributed by atoms with E-state index in [1.54, 1.807) is 0 Å². The van der Waals surface area contributed by atoms with Crippen molar-refractivity contribution in [1.29, 1.82) is 0 Å². The lowest BCUT2D eigenvalue weighted by Crippen LogP contribution is -2.30. The minimum atomic E-state index is -0.795. The predicted molar refractivity (Wildman–Crippen MR) is 270 cm³/mol. The molecule has 0 radical (unpaired) electrons. The number of rotatable bonds is 46. The van der Waals surface area contributed by atoms with Crippen molar-refractivity contribution in [3.8, 4) is 0 Å².